The van der Waals surface area contributed by atoms with Gasteiger partial charge < -0.3 is 5.32 Å². The lowest BCUT2D eigenvalue weighted by atomic mass is 10.1. The van der Waals surface area contributed by atoms with Crippen LogP contribution in [0.3, 0.4) is 0 Å². The van der Waals surface area contributed by atoms with Gasteiger partial charge in [-0.05, 0) is 25.5 Å². The van der Waals surface area contributed by atoms with Crippen molar-refractivity contribution in [3.63, 3.8) is 0 Å². The van der Waals surface area contributed by atoms with Crippen molar-refractivity contribution in [1.82, 2.24) is 20.9 Å². The number of rotatable bonds is 4. The number of urea groups is 1. The predicted octanol–water partition coefficient (Wildman–Crippen LogP) is 0.576. The third-order valence-electron chi connectivity index (χ3n) is 2.54. The summed E-state index contributed by atoms with van der Waals surface area (Å²) in [5, 5.41) is 7.64. The first-order valence-corrected chi connectivity index (χ1v) is 5.73. The zero-order valence-electron chi connectivity index (χ0n) is 10.7. The molecule has 0 radical (unpaired) electrons. The minimum atomic E-state index is -0.511. The van der Waals surface area contributed by atoms with E-state index < -0.39 is 12.1 Å². The lowest BCUT2D eigenvalue weighted by molar-refractivity contribution is -0.121. The number of nitrogens with zero attached hydrogens (tertiary/aromatic N) is 1. The Balaban J connectivity index is 2.52. The summed E-state index contributed by atoms with van der Waals surface area (Å²) in [6.07, 6.45) is 3.43. The molecule has 2 atom stereocenters. The molecular weight excluding hydrogens is 232 g/mol. The Morgan fingerprint density at radius 2 is 2.06 bits per heavy atom. The summed E-state index contributed by atoms with van der Waals surface area (Å²) < 4.78 is 0. The van der Waals surface area contributed by atoms with Crippen LogP contribution in [0.1, 0.15) is 25.5 Å². The maximum absolute atomic E-state index is 11.6. The highest BCUT2D eigenvalue weighted by Gasteiger charge is 2.17. The highest BCUT2D eigenvalue weighted by atomic mass is 16.2. The van der Waals surface area contributed by atoms with E-state index in [0.29, 0.717) is 0 Å². The topological polar surface area (TPSA) is 83.1 Å². The van der Waals surface area contributed by atoms with Gasteiger partial charge in [0.1, 0.15) is 0 Å². The summed E-state index contributed by atoms with van der Waals surface area (Å²) in [7, 11) is 1.46. The Hall–Kier alpha value is -1.95. The van der Waals surface area contributed by atoms with Gasteiger partial charge in [0.2, 0.25) is 5.91 Å². The van der Waals surface area contributed by atoms with Gasteiger partial charge in [-0.3, -0.25) is 20.4 Å². The predicted molar refractivity (Wildman–Crippen MR) is 67.8 cm³/mol. The summed E-state index contributed by atoms with van der Waals surface area (Å²) in [4.78, 5) is 26.6. The number of aromatic nitrogens is 1. The van der Waals surface area contributed by atoms with E-state index in [2.05, 4.69) is 20.9 Å². The molecule has 3 N–H and O–H groups in total. The van der Waals surface area contributed by atoms with Crippen molar-refractivity contribution in [2.45, 2.75) is 25.9 Å². The van der Waals surface area contributed by atoms with Crippen molar-refractivity contribution in [3.05, 3.63) is 30.1 Å². The molecule has 1 unspecified atom stereocenters. The van der Waals surface area contributed by atoms with Crippen molar-refractivity contribution in [2.75, 3.05) is 7.05 Å². The van der Waals surface area contributed by atoms with Gasteiger partial charge >= 0.3 is 6.03 Å². The molecule has 6 heteroatoms. The standard InChI is InChI=1S/C12H18N4O2/c1-8(10-5-4-6-14-7-10)15-9(2)11(17)16-12(18)13-3/h4-9,15H,1-3H3,(H2,13,16,17,18)/t8-,9?/m0/s1. The highest BCUT2D eigenvalue weighted by molar-refractivity contribution is 5.96. The van der Waals surface area contributed by atoms with Crippen LogP contribution in [0.15, 0.2) is 24.5 Å². The van der Waals surface area contributed by atoms with E-state index in [1.54, 1.807) is 19.3 Å². The van der Waals surface area contributed by atoms with E-state index in [-0.39, 0.29) is 11.9 Å². The average Bonchev–Trinajstić information content (AvgIpc) is 2.39. The summed E-state index contributed by atoms with van der Waals surface area (Å²) in [6.45, 7) is 3.63. The number of nitrogens with one attached hydrogen (secondary N) is 3. The minimum absolute atomic E-state index is 0.0239. The summed E-state index contributed by atoms with van der Waals surface area (Å²) >= 11 is 0. The molecular formula is C12H18N4O2. The molecule has 1 heterocycles. The second kappa shape index (κ2) is 6.70. The molecule has 0 saturated carbocycles. The van der Waals surface area contributed by atoms with Crippen LogP contribution in [0.2, 0.25) is 0 Å². The molecule has 1 aromatic rings. The monoisotopic (exact) mass is 250 g/mol. The Labute approximate surface area is 106 Å². The third-order valence-corrected chi connectivity index (χ3v) is 2.54. The van der Waals surface area contributed by atoms with Gasteiger partial charge in [0.05, 0.1) is 6.04 Å². The SMILES string of the molecule is CNC(=O)NC(=O)C(C)N[C@@H](C)c1cccnc1. The highest BCUT2D eigenvalue weighted by Crippen LogP contribution is 2.10. The van der Waals surface area contributed by atoms with Gasteiger partial charge in [-0.15, -0.1) is 0 Å². The van der Waals surface area contributed by atoms with Gasteiger partial charge in [0.25, 0.3) is 0 Å². The molecule has 0 saturated heterocycles. The van der Waals surface area contributed by atoms with Crippen LogP contribution in [0.25, 0.3) is 0 Å². The Morgan fingerprint density at radius 1 is 1.33 bits per heavy atom. The molecule has 0 aromatic carbocycles. The summed E-state index contributed by atoms with van der Waals surface area (Å²) in [6, 6.07) is 2.75. The van der Waals surface area contributed by atoms with Crippen LogP contribution in [0.5, 0.6) is 0 Å². The molecule has 0 aliphatic carbocycles. The Bertz CT molecular complexity index is 408. The lowest BCUT2D eigenvalue weighted by Gasteiger charge is -2.19. The third kappa shape index (κ3) is 4.14. The molecule has 0 fully saturated rings. The first-order valence-electron chi connectivity index (χ1n) is 5.73. The largest absolute Gasteiger partial charge is 0.341 e. The fourth-order valence-corrected chi connectivity index (χ4v) is 1.46. The van der Waals surface area contributed by atoms with E-state index in [1.165, 1.54) is 7.05 Å². The van der Waals surface area contributed by atoms with Crippen LogP contribution < -0.4 is 16.0 Å². The molecule has 6 nitrogen and oxygen atoms in total. The van der Waals surface area contributed by atoms with Gasteiger partial charge in [-0.2, -0.15) is 0 Å². The van der Waals surface area contributed by atoms with Gasteiger partial charge in [-0.25, -0.2) is 4.79 Å². The molecule has 0 spiro atoms. The summed E-state index contributed by atoms with van der Waals surface area (Å²) in [5.74, 6) is -0.370. The average molecular weight is 250 g/mol. The normalized spacial score (nSPS) is 13.5. The minimum Gasteiger partial charge on any atom is -0.341 e. The maximum Gasteiger partial charge on any atom is 0.321 e. The van der Waals surface area contributed by atoms with Crippen molar-refractivity contribution < 1.29 is 9.59 Å². The summed E-state index contributed by atoms with van der Waals surface area (Å²) in [5.41, 5.74) is 0.983. The second-order valence-electron chi connectivity index (χ2n) is 3.96. The van der Waals surface area contributed by atoms with Crippen LogP contribution >= 0.6 is 0 Å². The molecule has 1 aromatic heterocycles. The van der Waals surface area contributed by atoms with E-state index >= 15 is 0 Å². The number of carbonyl (C=O) groups is 2. The molecule has 18 heavy (non-hydrogen) atoms. The smallest absolute Gasteiger partial charge is 0.321 e. The quantitative estimate of drug-likeness (QED) is 0.730. The van der Waals surface area contributed by atoms with Gasteiger partial charge in [0.15, 0.2) is 0 Å². The Kier molecular flexibility index (Phi) is 5.26. The first-order chi connectivity index (χ1) is 8.54. The number of carbonyl (C=O) groups excluding carboxylic acids is 2. The molecule has 0 aliphatic rings. The Morgan fingerprint density at radius 3 is 2.61 bits per heavy atom. The van der Waals surface area contributed by atoms with Crippen LogP contribution in [0.4, 0.5) is 4.79 Å². The fraction of sp³-hybridized carbons (Fsp3) is 0.417. The van der Waals surface area contributed by atoms with Crippen LogP contribution in [0, 0.1) is 0 Å². The zero-order chi connectivity index (χ0) is 13.5. The second-order valence-corrected chi connectivity index (χ2v) is 3.96. The molecule has 0 aliphatic heterocycles. The molecule has 3 amide bonds. The van der Waals surface area contributed by atoms with Crippen molar-refractivity contribution in [1.29, 1.82) is 0 Å². The van der Waals surface area contributed by atoms with Crippen molar-refractivity contribution >= 4 is 11.9 Å². The number of pyridine rings is 1. The molecule has 0 bridgehead atoms. The maximum atomic E-state index is 11.6. The number of imide groups is 1. The number of hydrogen-bond acceptors (Lipinski definition) is 4. The van der Waals surface area contributed by atoms with E-state index in [4.69, 9.17) is 0 Å². The van der Waals surface area contributed by atoms with Crippen LogP contribution in [-0.2, 0) is 4.79 Å². The fourth-order valence-electron chi connectivity index (χ4n) is 1.46. The van der Waals surface area contributed by atoms with Crippen molar-refractivity contribution in [3.8, 4) is 0 Å². The van der Waals surface area contributed by atoms with Crippen LogP contribution in [-0.4, -0.2) is 30.0 Å². The number of hydrogen-bond donors (Lipinski definition) is 3. The zero-order valence-corrected chi connectivity index (χ0v) is 10.7. The van der Waals surface area contributed by atoms with E-state index in [0.717, 1.165) is 5.56 Å². The van der Waals surface area contributed by atoms with Gasteiger partial charge in [0, 0.05) is 25.5 Å². The molecule has 1 rings (SSSR count). The van der Waals surface area contributed by atoms with Gasteiger partial charge in [-0.1, -0.05) is 6.07 Å². The number of amides is 3. The van der Waals surface area contributed by atoms with Crippen molar-refractivity contribution in [2.24, 2.45) is 0 Å². The lowest BCUT2D eigenvalue weighted by Crippen LogP contribution is -2.47. The van der Waals surface area contributed by atoms with E-state index in [1.807, 2.05) is 19.1 Å². The first kappa shape index (κ1) is 14.1. The van der Waals surface area contributed by atoms with E-state index in [9.17, 15) is 9.59 Å². The molecule has 98 valence electrons.